The van der Waals surface area contributed by atoms with Crippen LogP contribution in [0.1, 0.15) is 48.0 Å². The molecule has 35 heavy (non-hydrogen) atoms. The van der Waals surface area contributed by atoms with Crippen LogP contribution < -0.4 is 14.4 Å². The average Bonchev–Trinajstić information content (AvgIpc) is 2.84. The number of hydrogen-bond donors (Lipinski definition) is 0. The first kappa shape index (κ1) is 23.7. The van der Waals surface area contributed by atoms with E-state index in [1.165, 1.54) is 19.3 Å². The van der Waals surface area contributed by atoms with Gasteiger partial charge in [-0.05, 0) is 74.6 Å². The van der Waals surface area contributed by atoms with Crippen LogP contribution in [-0.2, 0) is 4.79 Å². The summed E-state index contributed by atoms with van der Waals surface area (Å²) in [4.78, 5) is 31.8. The van der Waals surface area contributed by atoms with Crippen LogP contribution in [0.4, 0.5) is 5.69 Å². The highest BCUT2D eigenvalue weighted by Gasteiger charge is 2.30. The fourth-order valence-corrected chi connectivity index (χ4v) is 5.26. The lowest BCUT2D eigenvalue weighted by Gasteiger charge is -2.41. The second kappa shape index (κ2) is 10.3. The van der Waals surface area contributed by atoms with Crippen LogP contribution in [0.3, 0.4) is 0 Å². The van der Waals surface area contributed by atoms with Crippen molar-refractivity contribution in [3.05, 3.63) is 53.6 Å². The summed E-state index contributed by atoms with van der Waals surface area (Å²) in [6.45, 7) is 5.20. The topological polar surface area (TPSA) is 62.3 Å². The van der Waals surface area contributed by atoms with E-state index in [2.05, 4.69) is 4.90 Å². The van der Waals surface area contributed by atoms with Crippen molar-refractivity contribution >= 4 is 17.5 Å². The number of amides is 2. The van der Waals surface area contributed by atoms with Crippen LogP contribution in [0.5, 0.6) is 11.5 Å². The Balaban J connectivity index is 1.14. The summed E-state index contributed by atoms with van der Waals surface area (Å²) < 4.78 is 11.6. The van der Waals surface area contributed by atoms with E-state index in [-0.39, 0.29) is 24.5 Å². The first-order valence-corrected chi connectivity index (χ1v) is 12.8. The van der Waals surface area contributed by atoms with Crippen molar-refractivity contribution in [2.75, 3.05) is 44.7 Å². The number of hydrogen-bond acceptors (Lipinski definition) is 5. The van der Waals surface area contributed by atoms with Gasteiger partial charge in [-0.1, -0.05) is 12.5 Å². The molecule has 2 aromatic carbocycles. The molecule has 3 fully saturated rings. The summed E-state index contributed by atoms with van der Waals surface area (Å²) >= 11 is 0. The number of nitrogens with zero attached hydrogens (tertiary/aromatic N) is 3. The van der Waals surface area contributed by atoms with E-state index in [4.69, 9.17) is 9.47 Å². The molecule has 0 radical (unpaired) electrons. The highest BCUT2D eigenvalue weighted by atomic mass is 16.5. The third-order valence-electron chi connectivity index (χ3n) is 7.68. The minimum atomic E-state index is -0.150. The molecule has 0 aromatic heterocycles. The number of carbonyl (C=O) groups is 2. The largest absolute Gasteiger partial charge is 0.496 e. The second-order valence-electron chi connectivity index (χ2n) is 9.89. The number of methoxy groups -OCH3 is 1. The summed E-state index contributed by atoms with van der Waals surface area (Å²) in [6, 6.07) is 14.0. The third kappa shape index (κ3) is 5.15. The van der Waals surface area contributed by atoms with Gasteiger partial charge in [0, 0.05) is 43.5 Å². The van der Waals surface area contributed by atoms with Crippen LogP contribution in [0.2, 0.25) is 0 Å². The van der Waals surface area contributed by atoms with Crippen molar-refractivity contribution in [3.8, 4) is 11.5 Å². The molecule has 1 saturated carbocycles. The predicted octanol–water partition coefficient (Wildman–Crippen LogP) is 3.89. The number of piperazine rings is 1. The Bertz CT molecular complexity index is 1060. The van der Waals surface area contributed by atoms with Crippen molar-refractivity contribution in [3.63, 3.8) is 0 Å². The molecule has 2 aliphatic heterocycles. The standard InChI is InChI=1S/C28H35N3O4/c1-20-6-7-21(18-26(20)34-2)28(33)30-16-17-31(27(32)19-30)23-8-10-24(11-9-23)35-25-12-14-29(15-13-25)22-4-3-5-22/h6-11,18,22,25H,3-5,12-17,19H2,1-2H3. The minimum Gasteiger partial charge on any atom is -0.496 e. The lowest BCUT2D eigenvalue weighted by atomic mass is 9.90. The van der Waals surface area contributed by atoms with Gasteiger partial charge in [-0.2, -0.15) is 0 Å². The number of piperidine rings is 1. The Kier molecular flexibility index (Phi) is 6.95. The van der Waals surface area contributed by atoms with Crippen LogP contribution in [-0.4, -0.2) is 73.6 Å². The summed E-state index contributed by atoms with van der Waals surface area (Å²) in [5.41, 5.74) is 2.34. The van der Waals surface area contributed by atoms with Crippen LogP contribution in [0.25, 0.3) is 0 Å². The SMILES string of the molecule is COc1cc(C(=O)N2CCN(c3ccc(OC4CCN(C5CCC5)CC4)cc3)C(=O)C2)ccc1C. The molecular formula is C28H35N3O4. The minimum absolute atomic E-state index is 0.0623. The quantitative estimate of drug-likeness (QED) is 0.632. The van der Waals surface area contributed by atoms with Crippen molar-refractivity contribution in [2.24, 2.45) is 0 Å². The molecule has 0 spiro atoms. The molecule has 5 rings (SSSR count). The van der Waals surface area contributed by atoms with Gasteiger partial charge in [0.2, 0.25) is 5.91 Å². The number of anilines is 1. The fourth-order valence-electron chi connectivity index (χ4n) is 5.26. The number of likely N-dealkylation sites (tertiary alicyclic amines) is 1. The summed E-state index contributed by atoms with van der Waals surface area (Å²) in [7, 11) is 1.59. The monoisotopic (exact) mass is 477 g/mol. The number of aryl methyl sites for hydroxylation is 1. The molecule has 7 heteroatoms. The lowest BCUT2D eigenvalue weighted by molar-refractivity contribution is -0.120. The Hall–Kier alpha value is -3.06. The van der Waals surface area contributed by atoms with Gasteiger partial charge in [-0.15, -0.1) is 0 Å². The van der Waals surface area contributed by atoms with Gasteiger partial charge in [0.25, 0.3) is 5.91 Å². The molecule has 2 heterocycles. The van der Waals surface area contributed by atoms with E-state index in [0.717, 1.165) is 49.0 Å². The van der Waals surface area contributed by atoms with Gasteiger partial charge in [0.05, 0.1) is 7.11 Å². The zero-order valence-corrected chi connectivity index (χ0v) is 20.7. The maximum Gasteiger partial charge on any atom is 0.254 e. The van der Waals surface area contributed by atoms with E-state index in [1.54, 1.807) is 29.0 Å². The van der Waals surface area contributed by atoms with E-state index >= 15 is 0 Å². The first-order chi connectivity index (χ1) is 17.0. The highest BCUT2D eigenvalue weighted by Crippen LogP contribution is 2.29. The van der Waals surface area contributed by atoms with Gasteiger partial charge >= 0.3 is 0 Å². The summed E-state index contributed by atoms with van der Waals surface area (Å²) in [5, 5.41) is 0. The third-order valence-corrected chi connectivity index (χ3v) is 7.68. The number of carbonyl (C=O) groups excluding carboxylic acids is 2. The fraction of sp³-hybridized carbons (Fsp3) is 0.500. The maximum absolute atomic E-state index is 13.0. The Morgan fingerprint density at radius 1 is 0.943 bits per heavy atom. The second-order valence-corrected chi connectivity index (χ2v) is 9.89. The lowest BCUT2D eigenvalue weighted by Crippen LogP contribution is -2.52. The van der Waals surface area contributed by atoms with Crippen molar-refractivity contribution in [2.45, 2.75) is 51.2 Å². The van der Waals surface area contributed by atoms with Crippen LogP contribution in [0.15, 0.2) is 42.5 Å². The van der Waals surface area contributed by atoms with E-state index < -0.39 is 0 Å². The predicted molar refractivity (Wildman–Crippen MR) is 135 cm³/mol. The smallest absolute Gasteiger partial charge is 0.254 e. The van der Waals surface area contributed by atoms with Gasteiger partial charge in [-0.25, -0.2) is 0 Å². The Morgan fingerprint density at radius 2 is 1.69 bits per heavy atom. The van der Waals surface area contributed by atoms with Crippen molar-refractivity contribution < 1.29 is 19.1 Å². The number of benzene rings is 2. The molecule has 0 unspecified atom stereocenters. The Morgan fingerprint density at radius 3 is 2.31 bits per heavy atom. The van der Waals surface area contributed by atoms with E-state index in [0.29, 0.717) is 24.4 Å². The molecular weight excluding hydrogens is 442 g/mol. The molecule has 2 saturated heterocycles. The van der Waals surface area contributed by atoms with Gasteiger partial charge < -0.3 is 24.2 Å². The number of ether oxygens (including phenoxy) is 2. The normalized spacial score (nSPS) is 20.0. The molecule has 1 aliphatic carbocycles. The molecule has 2 amide bonds. The molecule has 2 aromatic rings. The van der Waals surface area contributed by atoms with E-state index in [1.807, 2.05) is 37.3 Å². The molecule has 0 bridgehead atoms. The van der Waals surface area contributed by atoms with Crippen LogP contribution in [0, 0.1) is 6.92 Å². The highest BCUT2D eigenvalue weighted by molar-refractivity contribution is 6.01. The molecule has 0 N–H and O–H groups in total. The molecule has 186 valence electrons. The van der Waals surface area contributed by atoms with Gasteiger partial charge in [0.1, 0.15) is 24.1 Å². The summed E-state index contributed by atoms with van der Waals surface area (Å²) in [5.74, 6) is 1.29. The molecule has 3 aliphatic rings. The van der Waals surface area contributed by atoms with Gasteiger partial charge in [0.15, 0.2) is 0 Å². The maximum atomic E-state index is 13.0. The first-order valence-electron chi connectivity index (χ1n) is 12.8. The molecule has 0 atom stereocenters. The molecule has 7 nitrogen and oxygen atoms in total. The van der Waals surface area contributed by atoms with Gasteiger partial charge in [-0.3, -0.25) is 9.59 Å². The zero-order valence-electron chi connectivity index (χ0n) is 20.7. The summed E-state index contributed by atoms with van der Waals surface area (Å²) in [6.07, 6.45) is 6.49. The number of rotatable bonds is 6. The van der Waals surface area contributed by atoms with Crippen LogP contribution >= 0.6 is 0 Å². The Labute approximate surface area is 207 Å². The van der Waals surface area contributed by atoms with Crippen molar-refractivity contribution in [1.82, 2.24) is 9.80 Å². The average molecular weight is 478 g/mol. The van der Waals surface area contributed by atoms with Crippen molar-refractivity contribution in [1.29, 1.82) is 0 Å². The van der Waals surface area contributed by atoms with E-state index in [9.17, 15) is 9.59 Å². The zero-order chi connectivity index (χ0) is 24.4.